The first-order chi connectivity index (χ1) is 8.96. The Morgan fingerprint density at radius 2 is 2.05 bits per heavy atom. The minimum Gasteiger partial charge on any atom is -0.496 e. The van der Waals surface area contributed by atoms with Crippen molar-refractivity contribution in [2.75, 3.05) is 21.2 Å². The van der Waals surface area contributed by atoms with Gasteiger partial charge in [-0.1, -0.05) is 19.1 Å². The van der Waals surface area contributed by atoms with Crippen LogP contribution in [0.5, 0.6) is 5.75 Å². The fourth-order valence-electron chi connectivity index (χ4n) is 2.00. The average Bonchev–Trinajstić information content (AvgIpc) is 2.44. The summed E-state index contributed by atoms with van der Waals surface area (Å²) < 4.78 is 5.41. The highest BCUT2D eigenvalue weighted by molar-refractivity contribution is 5.37. The van der Waals surface area contributed by atoms with E-state index in [1.807, 2.05) is 32.0 Å². The first-order valence-electron chi connectivity index (χ1n) is 6.71. The van der Waals surface area contributed by atoms with Crippen molar-refractivity contribution in [1.29, 1.82) is 5.26 Å². The van der Waals surface area contributed by atoms with E-state index in [-0.39, 0.29) is 0 Å². The molecule has 0 aromatic heterocycles. The molecule has 3 nitrogen and oxygen atoms in total. The molecule has 3 heteroatoms. The molecule has 104 valence electrons. The summed E-state index contributed by atoms with van der Waals surface area (Å²) in [6, 6.07) is 8.70. The molecule has 0 heterocycles. The van der Waals surface area contributed by atoms with Gasteiger partial charge in [0.05, 0.1) is 13.2 Å². The maximum atomic E-state index is 9.34. The fraction of sp³-hybridized carbons (Fsp3) is 0.562. The first kappa shape index (κ1) is 15.5. The van der Waals surface area contributed by atoms with E-state index in [4.69, 9.17) is 4.74 Å². The van der Waals surface area contributed by atoms with Gasteiger partial charge >= 0.3 is 0 Å². The lowest BCUT2D eigenvalue weighted by Gasteiger charge is -2.29. The number of methoxy groups -OCH3 is 1. The number of aryl methyl sites for hydroxylation is 2. The summed E-state index contributed by atoms with van der Waals surface area (Å²) >= 11 is 0. The molecule has 0 amide bonds. The average molecular weight is 260 g/mol. The van der Waals surface area contributed by atoms with E-state index in [2.05, 4.69) is 25.1 Å². The minimum atomic E-state index is -0.437. The van der Waals surface area contributed by atoms with Gasteiger partial charge in [-0.3, -0.25) is 4.90 Å². The Morgan fingerprint density at radius 3 is 2.53 bits per heavy atom. The summed E-state index contributed by atoms with van der Waals surface area (Å²) in [6.07, 6.45) is 2.65. The summed E-state index contributed by atoms with van der Waals surface area (Å²) in [4.78, 5) is 1.98. The summed E-state index contributed by atoms with van der Waals surface area (Å²) in [5, 5.41) is 9.34. The van der Waals surface area contributed by atoms with Gasteiger partial charge in [0, 0.05) is 0 Å². The van der Waals surface area contributed by atoms with Gasteiger partial charge < -0.3 is 4.74 Å². The van der Waals surface area contributed by atoms with Crippen LogP contribution in [0.4, 0.5) is 0 Å². The van der Waals surface area contributed by atoms with E-state index in [1.54, 1.807) is 7.11 Å². The van der Waals surface area contributed by atoms with Gasteiger partial charge in [0.15, 0.2) is 0 Å². The number of rotatable bonds is 6. The van der Waals surface area contributed by atoms with Gasteiger partial charge in [-0.05, 0) is 57.5 Å². The van der Waals surface area contributed by atoms with Crippen molar-refractivity contribution in [3.63, 3.8) is 0 Å². The Morgan fingerprint density at radius 1 is 1.37 bits per heavy atom. The zero-order valence-corrected chi connectivity index (χ0v) is 12.7. The second kappa shape index (κ2) is 6.58. The van der Waals surface area contributed by atoms with Crippen LogP contribution < -0.4 is 4.74 Å². The highest BCUT2D eigenvalue weighted by atomic mass is 16.5. The lowest BCUT2D eigenvalue weighted by Crippen LogP contribution is -2.40. The van der Waals surface area contributed by atoms with Gasteiger partial charge in [0.2, 0.25) is 0 Å². The summed E-state index contributed by atoms with van der Waals surface area (Å²) in [6.45, 7) is 4.12. The van der Waals surface area contributed by atoms with Crippen LogP contribution in [0.3, 0.4) is 0 Å². The van der Waals surface area contributed by atoms with Crippen LogP contribution in [0.2, 0.25) is 0 Å². The number of nitriles is 1. The molecule has 0 spiro atoms. The van der Waals surface area contributed by atoms with Gasteiger partial charge in [-0.15, -0.1) is 0 Å². The van der Waals surface area contributed by atoms with Crippen molar-refractivity contribution in [2.45, 2.75) is 38.6 Å². The maximum Gasteiger partial charge on any atom is 0.122 e. The smallest absolute Gasteiger partial charge is 0.122 e. The molecule has 19 heavy (non-hydrogen) atoms. The lowest BCUT2D eigenvalue weighted by molar-refractivity contribution is 0.223. The van der Waals surface area contributed by atoms with E-state index in [0.717, 1.165) is 25.0 Å². The molecule has 0 radical (unpaired) electrons. The Bertz CT molecular complexity index is 462. The van der Waals surface area contributed by atoms with E-state index in [1.165, 1.54) is 11.1 Å². The molecule has 0 saturated carbocycles. The fourth-order valence-corrected chi connectivity index (χ4v) is 2.00. The van der Waals surface area contributed by atoms with Crippen LogP contribution in [0.1, 0.15) is 31.4 Å². The van der Waals surface area contributed by atoms with Crippen LogP contribution in [0.25, 0.3) is 0 Å². The Hall–Kier alpha value is -1.53. The van der Waals surface area contributed by atoms with Gasteiger partial charge in [0.25, 0.3) is 0 Å². The van der Waals surface area contributed by atoms with Crippen LogP contribution >= 0.6 is 0 Å². The molecule has 1 rings (SSSR count). The molecule has 0 aliphatic heterocycles. The molecule has 0 saturated heterocycles. The number of ether oxygens (including phenoxy) is 1. The highest BCUT2D eigenvalue weighted by Crippen LogP contribution is 2.25. The molecule has 1 aromatic carbocycles. The standard InChI is InChI=1S/C16H24N2O/c1-6-13-7-8-15(19-5)14(11-13)9-10-16(2,12-17)18(3)4/h7-8,11H,6,9-10H2,1-5H3. The predicted molar refractivity (Wildman–Crippen MR) is 78.4 cm³/mol. The Kier molecular flexibility index (Phi) is 5.38. The summed E-state index contributed by atoms with van der Waals surface area (Å²) in [7, 11) is 5.59. The Balaban J connectivity index is 2.90. The minimum absolute atomic E-state index is 0.437. The van der Waals surface area contributed by atoms with Crippen molar-refractivity contribution < 1.29 is 4.74 Å². The normalized spacial score (nSPS) is 13.9. The molecule has 1 aromatic rings. The first-order valence-corrected chi connectivity index (χ1v) is 6.71. The third-order valence-corrected chi connectivity index (χ3v) is 3.86. The van der Waals surface area contributed by atoms with Crippen molar-refractivity contribution in [3.8, 4) is 11.8 Å². The zero-order valence-electron chi connectivity index (χ0n) is 12.7. The topological polar surface area (TPSA) is 36.3 Å². The number of nitrogens with zero attached hydrogens (tertiary/aromatic N) is 2. The van der Waals surface area contributed by atoms with Crippen LogP contribution in [0, 0.1) is 11.3 Å². The molecule has 0 N–H and O–H groups in total. The third-order valence-electron chi connectivity index (χ3n) is 3.86. The largest absolute Gasteiger partial charge is 0.496 e. The van der Waals surface area contributed by atoms with Crippen LogP contribution in [0.15, 0.2) is 18.2 Å². The SMILES string of the molecule is CCc1ccc(OC)c(CCC(C)(C#N)N(C)C)c1. The monoisotopic (exact) mass is 260 g/mol. The molecule has 0 aliphatic carbocycles. The lowest BCUT2D eigenvalue weighted by atomic mass is 9.92. The van der Waals surface area contributed by atoms with Gasteiger partial charge in [-0.25, -0.2) is 0 Å². The van der Waals surface area contributed by atoms with Gasteiger partial charge in [-0.2, -0.15) is 5.26 Å². The van der Waals surface area contributed by atoms with E-state index >= 15 is 0 Å². The molecular formula is C16H24N2O. The van der Waals surface area contributed by atoms with Crippen molar-refractivity contribution in [2.24, 2.45) is 0 Å². The Labute approximate surface area is 116 Å². The zero-order chi connectivity index (χ0) is 14.5. The second-order valence-corrected chi connectivity index (χ2v) is 5.28. The van der Waals surface area contributed by atoms with Crippen molar-refractivity contribution in [3.05, 3.63) is 29.3 Å². The molecular weight excluding hydrogens is 236 g/mol. The molecule has 0 fully saturated rings. The maximum absolute atomic E-state index is 9.34. The molecule has 1 atom stereocenters. The van der Waals surface area contributed by atoms with Crippen molar-refractivity contribution in [1.82, 2.24) is 4.90 Å². The van der Waals surface area contributed by atoms with Crippen LogP contribution in [-0.2, 0) is 12.8 Å². The summed E-state index contributed by atoms with van der Waals surface area (Å²) in [5.41, 5.74) is 2.05. The van der Waals surface area contributed by atoms with Crippen molar-refractivity contribution >= 4 is 0 Å². The molecule has 1 unspecified atom stereocenters. The predicted octanol–water partition coefficient (Wildman–Crippen LogP) is 3.03. The molecule has 0 bridgehead atoms. The molecule has 0 aliphatic rings. The van der Waals surface area contributed by atoms with E-state index in [0.29, 0.717) is 0 Å². The number of hydrogen-bond acceptors (Lipinski definition) is 3. The third kappa shape index (κ3) is 3.71. The van der Waals surface area contributed by atoms with E-state index in [9.17, 15) is 5.26 Å². The van der Waals surface area contributed by atoms with Crippen LogP contribution in [-0.4, -0.2) is 31.6 Å². The number of benzene rings is 1. The summed E-state index contributed by atoms with van der Waals surface area (Å²) in [5.74, 6) is 0.913. The number of hydrogen-bond donors (Lipinski definition) is 0. The van der Waals surface area contributed by atoms with E-state index < -0.39 is 5.54 Å². The van der Waals surface area contributed by atoms with Gasteiger partial charge in [0.1, 0.15) is 11.3 Å². The second-order valence-electron chi connectivity index (χ2n) is 5.28. The quantitative estimate of drug-likeness (QED) is 0.789. The highest BCUT2D eigenvalue weighted by Gasteiger charge is 2.26.